The Kier molecular flexibility index (Phi) is 7.23. The summed E-state index contributed by atoms with van der Waals surface area (Å²) in [5.41, 5.74) is 1.03. The van der Waals surface area contributed by atoms with Gasteiger partial charge in [0.2, 0.25) is 18.2 Å². The Morgan fingerprint density at radius 2 is 1.72 bits per heavy atom. The summed E-state index contributed by atoms with van der Waals surface area (Å²) in [6.45, 7) is 15.1. The number of sulfone groups is 1. The maximum atomic E-state index is 12.5. The third-order valence-corrected chi connectivity index (χ3v) is 10.1. The number of hydroxylamine groups is 2. The summed E-state index contributed by atoms with van der Waals surface area (Å²) >= 11 is 0. The molecule has 4 nitrogen and oxygen atoms in total. The zero-order valence-corrected chi connectivity index (χ0v) is 18.2. The van der Waals surface area contributed by atoms with Gasteiger partial charge in [-0.1, -0.05) is 50.6 Å². The highest BCUT2D eigenvalue weighted by Crippen LogP contribution is 2.37. The Labute approximate surface area is 154 Å². The number of nitrogens with zero attached hydrogens (tertiary/aromatic N) is 1. The predicted octanol–water partition coefficient (Wildman–Crippen LogP) is 5.05. The molecule has 0 saturated heterocycles. The summed E-state index contributed by atoms with van der Waals surface area (Å²) in [5, 5.41) is 2.88. The van der Waals surface area contributed by atoms with E-state index in [-0.39, 0.29) is 9.93 Å². The fourth-order valence-electron chi connectivity index (χ4n) is 1.72. The Morgan fingerprint density at radius 3 is 2.20 bits per heavy atom. The minimum absolute atomic E-state index is 0.0326. The van der Waals surface area contributed by atoms with Gasteiger partial charge in [-0.05, 0) is 44.1 Å². The molecule has 140 valence electrons. The number of allylic oxidation sites excluding steroid dienone is 1. The quantitative estimate of drug-likeness (QED) is 0.376. The van der Waals surface area contributed by atoms with Crippen molar-refractivity contribution in [3.63, 3.8) is 0 Å². The monoisotopic (exact) mass is 381 g/mol. The molecule has 0 aromatic heterocycles. The summed E-state index contributed by atoms with van der Waals surface area (Å²) < 4.78 is 31.2. The molecule has 0 unspecified atom stereocenters. The molecule has 0 atom stereocenters. The zero-order valence-electron chi connectivity index (χ0n) is 16.4. The molecule has 0 saturated carbocycles. The highest BCUT2D eigenvalue weighted by atomic mass is 32.2. The van der Waals surface area contributed by atoms with Crippen LogP contribution < -0.4 is 0 Å². The molecule has 0 N–H and O–H groups in total. The van der Waals surface area contributed by atoms with Crippen LogP contribution in [-0.4, -0.2) is 28.3 Å². The van der Waals surface area contributed by atoms with Gasteiger partial charge < -0.3 is 4.53 Å². The topological polar surface area (TPSA) is 46.6 Å². The van der Waals surface area contributed by atoms with Crippen molar-refractivity contribution in [1.29, 1.82) is 0 Å². The van der Waals surface area contributed by atoms with Crippen molar-refractivity contribution >= 4 is 18.2 Å². The molecular formula is C19H31NO3SSi. The molecule has 6 heteroatoms. The molecular weight excluding hydrogens is 350 g/mol. The van der Waals surface area contributed by atoms with Gasteiger partial charge in [0.1, 0.15) is 0 Å². The van der Waals surface area contributed by atoms with Crippen LogP contribution in [0.4, 0.5) is 0 Å². The van der Waals surface area contributed by atoms with Crippen LogP contribution in [0, 0.1) is 6.92 Å². The molecule has 0 aliphatic heterocycles. The van der Waals surface area contributed by atoms with E-state index in [1.807, 2.05) is 26.0 Å². The molecule has 1 rings (SSSR count). The second-order valence-electron chi connectivity index (χ2n) is 7.66. The average Bonchev–Trinajstić information content (AvgIpc) is 2.49. The molecule has 0 aliphatic rings. The van der Waals surface area contributed by atoms with E-state index in [1.165, 1.54) is 11.6 Å². The summed E-state index contributed by atoms with van der Waals surface area (Å²) in [6.07, 6.45) is 5.38. The first-order valence-electron chi connectivity index (χ1n) is 8.46. The van der Waals surface area contributed by atoms with Crippen molar-refractivity contribution in [3.8, 4) is 0 Å². The molecule has 0 radical (unpaired) electrons. The predicted molar refractivity (Wildman–Crippen MR) is 107 cm³/mol. The van der Waals surface area contributed by atoms with Crippen LogP contribution in [0.1, 0.15) is 33.3 Å². The van der Waals surface area contributed by atoms with Gasteiger partial charge in [0, 0.05) is 6.20 Å². The van der Waals surface area contributed by atoms with Crippen molar-refractivity contribution < 1.29 is 12.9 Å². The lowest BCUT2D eigenvalue weighted by Gasteiger charge is -2.39. The first-order valence-corrected chi connectivity index (χ1v) is 12.9. The number of benzene rings is 1. The molecule has 25 heavy (non-hydrogen) atoms. The van der Waals surface area contributed by atoms with Crippen LogP contribution in [0.5, 0.6) is 0 Å². The molecule has 0 heterocycles. The number of hydrogen-bond donors (Lipinski definition) is 0. The lowest BCUT2D eigenvalue weighted by Crippen LogP contribution is -2.45. The van der Waals surface area contributed by atoms with Crippen LogP contribution in [0.3, 0.4) is 0 Å². The van der Waals surface area contributed by atoms with E-state index in [2.05, 4.69) is 33.9 Å². The van der Waals surface area contributed by atoms with Crippen molar-refractivity contribution in [2.45, 2.75) is 57.6 Å². The highest BCUT2D eigenvalue weighted by molar-refractivity contribution is 7.94. The summed E-state index contributed by atoms with van der Waals surface area (Å²) in [6, 6.07) is 6.84. The van der Waals surface area contributed by atoms with E-state index in [9.17, 15) is 8.42 Å². The Morgan fingerprint density at radius 1 is 1.16 bits per heavy atom. The molecule has 1 aromatic rings. The van der Waals surface area contributed by atoms with E-state index < -0.39 is 18.2 Å². The SMILES string of the molecule is C/C=C/CN(/C=C/S(=O)(=O)c1ccc(C)cc1)O[Si](C)(C)C(C)(C)C. The van der Waals surface area contributed by atoms with E-state index >= 15 is 0 Å². The zero-order chi connectivity index (χ0) is 19.3. The Balaban J connectivity index is 3.04. The van der Waals surface area contributed by atoms with Gasteiger partial charge in [0.15, 0.2) is 0 Å². The summed E-state index contributed by atoms with van der Waals surface area (Å²) in [7, 11) is -5.55. The van der Waals surface area contributed by atoms with E-state index in [1.54, 1.807) is 29.3 Å². The number of hydrogen-bond acceptors (Lipinski definition) is 4. The van der Waals surface area contributed by atoms with Gasteiger partial charge in [0.25, 0.3) is 0 Å². The molecule has 0 bridgehead atoms. The second kappa shape index (κ2) is 8.34. The normalized spacial score (nSPS) is 13.7. The molecule has 0 spiro atoms. The van der Waals surface area contributed by atoms with E-state index in [4.69, 9.17) is 4.53 Å². The second-order valence-corrected chi connectivity index (χ2v) is 14.2. The van der Waals surface area contributed by atoms with Crippen LogP contribution in [-0.2, 0) is 14.4 Å². The van der Waals surface area contributed by atoms with E-state index in [0.717, 1.165) is 5.56 Å². The van der Waals surface area contributed by atoms with Gasteiger partial charge in [-0.2, -0.15) is 0 Å². The minimum Gasteiger partial charge on any atom is -0.320 e. The molecule has 1 aromatic carbocycles. The molecule has 0 aliphatic carbocycles. The Hall–Kier alpha value is -1.37. The highest BCUT2D eigenvalue weighted by Gasteiger charge is 2.39. The first-order chi connectivity index (χ1) is 11.4. The first kappa shape index (κ1) is 21.7. The van der Waals surface area contributed by atoms with Crippen molar-refractivity contribution in [2.75, 3.05) is 6.54 Å². The van der Waals surface area contributed by atoms with Crippen molar-refractivity contribution in [1.82, 2.24) is 5.06 Å². The lowest BCUT2D eigenvalue weighted by molar-refractivity contribution is -0.0121. The van der Waals surface area contributed by atoms with Gasteiger partial charge in [-0.25, -0.2) is 8.42 Å². The van der Waals surface area contributed by atoms with Crippen LogP contribution in [0.15, 0.2) is 52.9 Å². The summed E-state index contributed by atoms with van der Waals surface area (Å²) in [5.74, 6) is 0. The lowest BCUT2D eigenvalue weighted by atomic mass is 10.2. The largest absolute Gasteiger partial charge is 0.320 e. The number of aryl methyl sites for hydroxylation is 1. The number of rotatable bonds is 7. The molecule has 0 amide bonds. The van der Waals surface area contributed by atoms with Gasteiger partial charge >= 0.3 is 0 Å². The fourth-order valence-corrected chi connectivity index (χ4v) is 3.69. The Bertz CT molecular complexity index is 714. The fraction of sp³-hybridized carbons (Fsp3) is 0.474. The van der Waals surface area contributed by atoms with Gasteiger partial charge in [0.05, 0.1) is 16.8 Å². The minimum atomic E-state index is -3.50. The van der Waals surface area contributed by atoms with Crippen LogP contribution >= 0.6 is 0 Å². The third kappa shape index (κ3) is 6.45. The van der Waals surface area contributed by atoms with Crippen molar-refractivity contribution in [3.05, 3.63) is 53.6 Å². The summed E-state index contributed by atoms with van der Waals surface area (Å²) in [4.78, 5) is 0.285. The van der Waals surface area contributed by atoms with Crippen LogP contribution in [0.25, 0.3) is 0 Å². The average molecular weight is 382 g/mol. The maximum Gasteiger partial charge on any atom is 0.228 e. The molecule has 0 fully saturated rings. The van der Waals surface area contributed by atoms with Crippen LogP contribution in [0.2, 0.25) is 18.1 Å². The van der Waals surface area contributed by atoms with E-state index in [0.29, 0.717) is 6.54 Å². The standard InChI is InChI=1S/C19H31NO3SSi/c1-8-9-14-20(23-25(6,7)19(3,4)5)15-16-24(21,22)18-12-10-17(2)11-13-18/h8-13,15-16H,14H2,1-7H3/b9-8+,16-15+. The van der Waals surface area contributed by atoms with Gasteiger partial charge in [-0.15, -0.1) is 0 Å². The van der Waals surface area contributed by atoms with Gasteiger partial charge in [-0.3, -0.25) is 5.06 Å². The maximum absolute atomic E-state index is 12.5. The third-order valence-electron chi connectivity index (χ3n) is 4.43. The van der Waals surface area contributed by atoms with Crippen molar-refractivity contribution in [2.24, 2.45) is 0 Å². The smallest absolute Gasteiger partial charge is 0.228 e.